The molecule has 0 radical (unpaired) electrons. The van der Waals surface area contributed by atoms with Crippen molar-refractivity contribution in [2.75, 3.05) is 17.7 Å². The minimum atomic E-state index is -0.246. The van der Waals surface area contributed by atoms with E-state index in [2.05, 4.69) is 27.2 Å². The van der Waals surface area contributed by atoms with Crippen molar-refractivity contribution in [2.45, 2.75) is 6.92 Å². The van der Waals surface area contributed by atoms with Crippen LogP contribution in [0.2, 0.25) is 0 Å². The fourth-order valence-corrected chi connectivity index (χ4v) is 1.81. The first-order valence-corrected chi connectivity index (χ1v) is 5.93. The summed E-state index contributed by atoms with van der Waals surface area (Å²) in [5.74, 6) is 1.33. The maximum atomic E-state index is 11.4. The van der Waals surface area contributed by atoms with Crippen molar-refractivity contribution in [1.29, 1.82) is 0 Å². The normalized spacial score (nSPS) is 10.0. The average molecular weight is 256 g/mol. The third-order valence-corrected chi connectivity index (χ3v) is 2.76. The van der Waals surface area contributed by atoms with Crippen molar-refractivity contribution in [3.05, 3.63) is 42.6 Å². The number of para-hydroxylation sites is 1. The average Bonchev–Trinajstić information content (AvgIpc) is 2.80. The van der Waals surface area contributed by atoms with Gasteiger partial charge in [-0.3, -0.25) is 4.79 Å². The number of nitrogens with zero attached hydrogens (tertiary/aromatic N) is 1. The van der Waals surface area contributed by atoms with Crippen LogP contribution < -0.4 is 10.6 Å². The number of benzene rings is 1. The first kappa shape index (κ1) is 12.9. The van der Waals surface area contributed by atoms with Gasteiger partial charge >= 0.3 is 0 Å². The van der Waals surface area contributed by atoms with E-state index in [1.165, 1.54) is 6.08 Å². The maximum Gasteiger partial charge on any atom is 0.247 e. The molecule has 0 aliphatic rings. The lowest BCUT2D eigenvalue weighted by molar-refractivity contribution is -0.111. The summed E-state index contributed by atoms with van der Waals surface area (Å²) in [6.07, 6.45) is 1.24. The minimum Gasteiger partial charge on any atom is -0.373 e. The maximum absolute atomic E-state index is 11.4. The van der Waals surface area contributed by atoms with Crippen molar-refractivity contribution in [3.8, 4) is 11.4 Å². The number of amides is 1. The lowest BCUT2D eigenvalue weighted by Gasteiger charge is -2.07. The van der Waals surface area contributed by atoms with Gasteiger partial charge in [-0.2, -0.15) is 0 Å². The Bertz CT molecular complexity index is 616. The Hall–Kier alpha value is -2.56. The molecule has 0 saturated heterocycles. The molecular weight excluding hydrogens is 240 g/mol. The van der Waals surface area contributed by atoms with E-state index in [0.29, 0.717) is 11.5 Å². The molecule has 3 N–H and O–H groups in total. The summed E-state index contributed by atoms with van der Waals surface area (Å²) in [6, 6.07) is 7.48. The monoisotopic (exact) mass is 256 g/mol. The number of rotatable bonds is 4. The van der Waals surface area contributed by atoms with Gasteiger partial charge in [0.1, 0.15) is 11.6 Å². The Morgan fingerprint density at radius 3 is 2.79 bits per heavy atom. The number of H-pyrrole nitrogens is 1. The van der Waals surface area contributed by atoms with Crippen LogP contribution >= 0.6 is 0 Å². The molecule has 5 heteroatoms. The molecule has 19 heavy (non-hydrogen) atoms. The molecule has 0 aliphatic heterocycles. The predicted octanol–water partition coefficient (Wildman–Crippen LogP) is 2.55. The number of hydrogen-bond donors (Lipinski definition) is 3. The molecular formula is C14H16N4O. The summed E-state index contributed by atoms with van der Waals surface area (Å²) in [5.41, 5.74) is 2.41. The standard InChI is InChI=1S/C14H16N4O/c1-4-12(19)17-11-8-6-5-7-10(11)14-16-9(2)13(15-3)18-14/h4-8,15H,1H2,2-3H3,(H,16,18)(H,17,19). The zero-order valence-corrected chi connectivity index (χ0v) is 10.9. The summed E-state index contributed by atoms with van der Waals surface area (Å²) in [5, 5.41) is 5.80. The third kappa shape index (κ3) is 2.65. The Labute approximate surface area is 111 Å². The topological polar surface area (TPSA) is 69.8 Å². The molecule has 98 valence electrons. The van der Waals surface area contributed by atoms with E-state index in [9.17, 15) is 4.79 Å². The second-order valence-electron chi connectivity index (χ2n) is 4.03. The predicted molar refractivity (Wildman–Crippen MR) is 77.1 cm³/mol. The van der Waals surface area contributed by atoms with Gasteiger partial charge in [-0.25, -0.2) is 4.98 Å². The fraction of sp³-hybridized carbons (Fsp3) is 0.143. The minimum absolute atomic E-state index is 0.246. The molecule has 1 heterocycles. The van der Waals surface area contributed by atoms with Gasteiger partial charge in [-0.1, -0.05) is 18.7 Å². The van der Waals surface area contributed by atoms with Crippen molar-refractivity contribution < 1.29 is 4.79 Å². The molecule has 0 fully saturated rings. The highest BCUT2D eigenvalue weighted by atomic mass is 16.1. The highest BCUT2D eigenvalue weighted by Crippen LogP contribution is 2.27. The number of imidazole rings is 1. The number of carbonyl (C=O) groups is 1. The van der Waals surface area contributed by atoms with Crippen LogP contribution in [0.4, 0.5) is 11.5 Å². The number of anilines is 2. The zero-order valence-electron chi connectivity index (χ0n) is 10.9. The number of carbonyl (C=O) groups excluding carboxylic acids is 1. The number of nitrogens with one attached hydrogen (secondary N) is 3. The molecule has 0 saturated carbocycles. The van der Waals surface area contributed by atoms with Gasteiger partial charge in [0.05, 0.1) is 11.4 Å². The van der Waals surface area contributed by atoms with Gasteiger partial charge in [0.15, 0.2) is 0 Å². The molecule has 2 aromatic rings. The molecule has 1 amide bonds. The first-order valence-electron chi connectivity index (χ1n) is 5.93. The van der Waals surface area contributed by atoms with Gasteiger partial charge in [-0.15, -0.1) is 0 Å². The zero-order chi connectivity index (χ0) is 13.8. The second kappa shape index (κ2) is 5.39. The number of aryl methyl sites for hydroxylation is 1. The van der Waals surface area contributed by atoms with E-state index in [0.717, 1.165) is 17.1 Å². The number of hydrogen-bond acceptors (Lipinski definition) is 3. The first-order chi connectivity index (χ1) is 9.15. The summed E-state index contributed by atoms with van der Waals surface area (Å²) in [7, 11) is 1.83. The van der Waals surface area contributed by atoms with Crippen LogP contribution in [0.1, 0.15) is 5.69 Å². The molecule has 0 unspecified atom stereocenters. The van der Waals surface area contributed by atoms with Crippen LogP contribution in [0.15, 0.2) is 36.9 Å². The Morgan fingerprint density at radius 1 is 1.42 bits per heavy atom. The van der Waals surface area contributed by atoms with Gasteiger partial charge < -0.3 is 15.6 Å². The van der Waals surface area contributed by atoms with E-state index in [-0.39, 0.29) is 5.91 Å². The smallest absolute Gasteiger partial charge is 0.247 e. The quantitative estimate of drug-likeness (QED) is 0.736. The molecule has 2 rings (SSSR count). The van der Waals surface area contributed by atoms with E-state index < -0.39 is 0 Å². The van der Waals surface area contributed by atoms with Crippen LogP contribution in [0.5, 0.6) is 0 Å². The Morgan fingerprint density at radius 2 is 2.16 bits per heavy atom. The van der Waals surface area contributed by atoms with Crippen LogP contribution in [-0.2, 0) is 4.79 Å². The largest absolute Gasteiger partial charge is 0.373 e. The highest BCUT2D eigenvalue weighted by molar-refractivity contribution is 6.01. The van der Waals surface area contributed by atoms with E-state index in [1.54, 1.807) is 0 Å². The summed E-state index contributed by atoms with van der Waals surface area (Å²) >= 11 is 0. The van der Waals surface area contributed by atoms with Gasteiger partial charge in [-0.05, 0) is 25.1 Å². The lowest BCUT2D eigenvalue weighted by Crippen LogP contribution is -2.08. The molecule has 1 aromatic heterocycles. The van der Waals surface area contributed by atoms with E-state index >= 15 is 0 Å². The molecule has 0 aliphatic carbocycles. The summed E-state index contributed by atoms with van der Waals surface area (Å²) in [4.78, 5) is 19.1. The SMILES string of the molecule is C=CC(=O)Nc1ccccc1-c1nc(C)c(NC)[nH]1. The Kier molecular flexibility index (Phi) is 3.66. The van der Waals surface area contributed by atoms with Gasteiger partial charge in [0.2, 0.25) is 5.91 Å². The second-order valence-corrected chi connectivity index (χ2v) is 4.03. The molecule has 0 bridgehead atoms. The van der Waals surface area contributed by atoms with Crippen LogP contribution in [-0.4, -0.2) is 22.9 Å². The summed E-state index contributed by atoms with van der Waals surface area (Å²) < 4.78 is 0. The molecule has 5 nitrogen and oxygen atoms in total. The number of aromatic amines is 1. The van der Waals surface area contributed by atoms with Crippen molar-refractivity contribution in [2.24, 2.45) is 0 Å². The van der Waals surface area contributed by atoms with Gasteiger partial charge in [0, 0.05) is 12.6 Å². The highest BCUT2D eigenvalue weighted by Gasteiger charge is 2.11. The van der Waals surface area contributed by atoms with Gasteiger partial charge in [0.25, 0.3) is 0 Å². The lowest BCUT2D eigenvalue weighted by atomic mass is 10.1. The van der Waals surface area contributed by atoms with Crippen LogP contribution in [0, 0.1) is 6.92 Å². The number of aromatic nitrogens is 2. The van der Waals surface area contributed by atoms with Crippen molar-refractivity contribution in [3.63, 3.8) is 0 Å². The van der Waals surface area contributed by atoms with Crippen LogP contribution in [0.3, 0.4) is 0 Å². The molecule has 1 aromatic carbocycles. The van der Waals surface area contributed by atoms with Crippen molar-refractivity contribution in [1.82, 2.24) is 9.97 Å². The molecule has 0 atom stereocenters. The van der Waals surface area contributed by atoms with E-state index in [4.69, 9.17) is 0 Å². The van der Waals surface area contributed by atoms with Crippen LogP contribution in [0.25, 0.3) is 11.4 Å². The van der Waals surface area contributed by atoms with Crippen molar-refractivity contribution >= 4 is 17.4 Å². The Balaban J connectivity index is 2.43. The molecule has 0 spiro atoms. The third-order valence-electron chi connectivity index (χ3n) is 2.76. The van der Waals surface area contributed by atoms with E-state index in [1.807, 2.05) is 38.2 Å². The summed E-state index contributed by atoms with van der Waals surface area (Å²) in [6.45, 7) is 5.36. The fourth-order valence-electron chi connectivity index (χ4n) is 1.81.